The first-order chi connectivity index (χ1) is 19.1. The van der Waals surface area contributed by atoms with E-state index in [4.69, 9.17) is 16.6 Å². The van der Waals surface area contributed by atoms with Crippen LogP contribution in [-0.4, -0.2) is 46.5 Å². The lowest BCUT2D eigenvalue weighted by Crippen LogP contribution is -2.30. The van der Waals surface area contributed by atoms with E-state index in [2.05, 4.69) is 58.1 Å². The molecule has 6 heteroatoms. The number of fused-ring (bicyclic) bond motifs is 1. The highest BCUT2D eigenvalue weighted by Gasteiger charge is 2.15. The van der Waals surface area contributed by atoms with E-state index >= 15 is 0 Å². The zero-order valence-corrected chi connectivity index (χ0v) is 23.5. The molecule has 1 aliphatic rings. The minimum atomic E-state index is -0.0344. The molecule has 0 unspecified atom stereocenters. The number of unbranched alkanes of at least 4 members (excludes halogenated alkanes) is 1. The van der Waals surface area contributed by atoms with Crippen LogP contribution < -0.4 is 5.32 Å². The molecule has 0 aliphatic carbocycles. The Kier molecular flexibility index (Phi) is 9.12. The van der Waals surface area contributed by atoms with Crippen LogP contribution >= 0.6 is 11.6 Å². The normalized spacial score (nSPS) is 13.9. The quantitative estimate of drug-likeness (QED) is 0.209. The van der Waals surface area contributed by atoms with Gasteiger partial charge in [-0.15, -0.1) is 0 Å². The van der Waals surface area contributed by atoms with Crippen LogP contribution in [0.15, 0.2) is 78.9 Å². The lowest BCUT2D eigenvalue weighted by molar-refractivity contribution is 0.0952. The van der Waals surface area contributed by atoms with Crippen molar-refractivity contribution < 1.29 is 4.79 Å². The molecule has 0 radical (unpaired) electrons. The van der Waals surface area contributed by atoms with E-state index in [9.17, 15) is 4.79 Å². The number of amides is 1. The van der Waals surface area contributed by atoms with E-state index in [0.29, 0.717) is 18.7 Å². The lowest BCUT2D eigenvalue weighted by atomic mass is 9.99. The smallest absolute Gasteiger partial charge is 0.251 e. The number of imidazole rings is 1. The predicted molar refractivity (Wildman–Crippen MR) is 161 cm³/mol. The van der Waals surface area contributed by atoms with E-state index < -0.39 is 0 Å². The van der Waals surface area contributed by atoms with Gasteiger partial charge >= 0.3 is 0 Å². The third kappa shape index (κ3) is 6.78. The molecular formula is C33H37ClN4O. The van der Waals surface area contributed by atoms with Crippen LogP contribution in [0.2, 0.25) is 5.02 Å². The van der Waals surface area contributed by atoms with E-state index in [1.54, 1.807) is 0 Å². The van der Waals surface area contributed by atoms with Crippen molar-refractivity contribution in [1.82, 2.24) is 19.8 Å². The molecule has 0 bridgehead atoms. The third-order valence-corrected chi connectivity index (χ3v) is 7.84. The van der Waals surface area contributed by atoms with Crippen molar-refractivity contribution in [1.29, 1.82) is 0 Å². The van der Waals surface area contributed by atoms with Gasteiger partial charge in [0.1, 0.15) is 5.82 Å². The Balaban J connectivity index is 1.15. The minimum absolute atomic E-state index is 0.0344. The van der Waals surface area contributed by atoms with Crippen molar-refractivity contribution in [2.24, 2.45) is 0 Å². The Hall–Kier alpha value is -3.41. The molecule has 0 atom stereocenters. The molecule has 39 heavy (non-hydrogen) atoms. The van der Waals surface area contributed by atoms with Crippen LogP contribution in [0.1, 0.15) is 59.9 Å². The summed E-state index contributed by atoms with van der Waals surface area (Å²) in [6.07, 6.45) is 7.36. The van der Waals surface area contributed by atoms with E-state index in [1.807, 2.05) is 42.5 Å². The Morgan fingerprint density at radius 3 is 2.62 bits per heavy atom. The molecule has 0 spiro atoms. The molecule has 4 aromatic rings. The number of nitrogens with zero attached hydrogens (tertiary/aromatic N) is 3. The highest BCUT2D eigenvalue weighted by Crippen LogP contribution is 2.24. The van der Waals surface area contributed by atoms with Crippen molar-refractivity contribution in [3.63, 3.8) is 0 Å². The molecule has 1 aromatic heterocycles. The van der Waals surface area contributed by atoms with Gasteiger partial charge in [0.05, 0.1) is 17.6 Å². The number of hydrogen-bond donors (Lipinski definition) is 1. The van der Waals surface area contributed by atoms with Crippen molar-refractivity contribution in [2.45, 2.75) is 45.6 Å². The number of aromatic nitrogens is 2. The fourth-order valence-electron chi connectivity index (χ4n) is 5.29. The molecule has 1 N–H and O–H groups in total. The summed E-state index contributed by atoms with van der Waals surface area (Å²) >= 11 is 6.46. The first-order valence-corrected chi connectivity index (χ1v) is 14.5. The van der Waals surface area contributed by atoms with Crippen molar-refractivity contribution in [3.8, 4) is 0 Å². The fraction of sp³-hybridized carbons (Fsp3) is 0.333. The highest BCUT2D eigenvalue weighted by atomic mass is 35.5. The second-order valence-corrected chi connectivity index (χ2v) is 10.7. The number of rotatable bonds is 11. The predicted octanol–water partition coefficient (Wildman–Crippen LogP) is 6.99. The molecule has 0 saturated carbocycles. The monoisotopic (exact) mass is 540 g/mol. The van der Waals surface area contributed by atoms with Crippen LogP contribution in [0.3, 0.4) is 0 Å². The highest BCUT2D eigenvalue weighted by molar-refractivity contribution is 6.31. The summed E-state index contributed by atoms with van der Waals surface area (Å²) in [5.41, 5.74) is 6.39. The standard InChI is InChI=1S/C33H37ClN4O/c1-2-10-32-36-30-16-15-27(23-31(30)38(32)24-28-13-6-7-14-29(28)34)33(39)35-19-8-9-20-37-21-17-26(18-22-37)25-11-4-3-5-12-25/h3-7,11-17,23H,2,8-10,18-22,24H2,1H3,(H,35,39). The minimum Gasteiger partial charge on any atom is -0.352 e. The average Bonchev–Trinajstić information content (AvgIpc) is 3.31. The van der Waals surface area contributed by atoms with Gasteiger partial charge in [-0.05, 0) is 73.2 Å². The van der Waals surface area contributed by atoms with Gasteiger partial charge in [0.2, 0.25) is 0 Å². The second-order valence-electron chi connectivity index (χ2n) is 10.3. The number of hydrogen-bond acceptors (Lipinski definition) is 3. The van der Waals surface area contributed by atoms with Gasteiger partial charge in [0.25, 0.3) is 5.91 Å². The van der Waals surface area contributed by atoms with Crippen LogP contribution in [0.4, 0.5) is 0 Å². The summed E-state index contributed by atoms with van der Waals surface area (Å²) in [6, 6.07) is 24.4. The Morgan fingerprint density at radius 1 is 1.03 bits per heavy atom. The van der Waals surface area contributed by atoms with Gasteiger partial charge in [-0.2, -0.15) is 0 Å². The maximum absolute atomic E-state index is 13.0. The number of halogens is 1. The van der Waals surface area contributed by atoms with Crippen LogP contribution in [0.5, 0.6) is 0 Å². The van der Waals surface area contributed by atoms with Gasteiger partial charge in [-0.25, -0.2) is 4.98 Å². The molecule has 2 heterocycles. The maximum atomic E-state index is 13.0. The molecule has 5 rings (SSSR count). The van der Waals surface area contributed by atoms with E-state index in [0.717, 1.165) is 79.2 Å². The number of carbonyl (C=O) groups excluding carboxylic acids is 1. The number of nitrogens with one attached hydrogen (secondary N) is 1. The van der Waals surface area contributed by atoms with Gasteiger partial charge < -0.3 is 9.88 Å². The molecule has 0 saturated heterocycles. The van der Waals surface area contributed by atoms with Crippen molar-refractivity contribution >= 4 is 34.1 Å². The van der Waals surface area contributed by atoms with Gasteiger partial charge in [-0.3, -0.25) is 9.69 Å². The number of carbonyl (C=O) groups is 1. The summed E-state index contributed by atoms with van der Waals surface area (Å²) in [4.78, 5) is 20.4. The zero-order chi connectivity index (χ0) is 27.0. The van der Waals surface area contributed by atoms with E-state index in [-0.39, 0.29) is 5.91 Å². The Labute approximate surface area is 236 Å². The van der Waals surface area contributed by atoms with Crippen LogP contribution in [0, 0.1) is 0 Å². The average molecular weight is 541 g/mol. The zero-order valence-electron chi connectivity index (χ0n) is 22.7. The van der Waals surface area contributed by atoms with Crippen LogP contribution in [-0.2, 0) is 13.0 Å². The molecule has 5 nitrogen and oxygen atoms in total. The SMILES string of the molecule is CCCc1nc2ccc(C(=O)NCCCCN3CC=C(c4ccccc4)CC3)cc2n1Cc1ccccc1Cl. The summed E-state index contributed by atoms with van der Waals surface area (Å²) in [5, 5.41) is 3.86. The van der Waals surface area contributed by atoms with Crippen molar-refractivity contribution in [2.75, 3.05) is 26.2 Å². The largest absolute Gasteiger partial charge is 0.352 e. The number of aryl methyl sites for hydroxylation is 1. The summed E-state index contributed by atoms with van der Waals surface area (Å²) in [5.74, 6) is 0.987. The van der Waals surface area contributed by atoms with Gasteiger partial charge in [-0.1, -0.05) is 73.1 Å². The fourth-order valence-corrected chi connectivity index (χ4v) is 5.49. The molecule has 3 aromatic carbocycles. The molecule has 202 valence electrons. The van der Waals surface area contributed by atoms with Crippen molar-refractivity contribution in [3.05, 3.63) is 106 Å². The topological polar surface area (TPSA) is 50.2 Å². The summed E-state index contributed by atoms with van der Waals surface area (Å²) < 4.78 is 2.20. The summed E-state index contributed by atoms with van der Waals surface area (Å²) in [6.45, 7) is 6.61. The maximum Gasteiger partial charge on any atom is 0.251 e. The summed E-state index contributed by atoms with van der Waals surface area (Å²) in [7, 11) is 0. The third-order valence-electron chi connectivity index (χ3n) is 7.47. The van der Waals surface area contributed by atoms with Gasteiger partial charge in [0.15, 0.2) is 0 Å². The Morgan fingerprint density at radius 2 is 1.85 bits per heavy atom. The molecule has 1 aliphatic heterocycles. The molecular weight excluding hydrogens is 504 g/mol. The second kappa shape index (κ2) is 13.1. The van der Waals surface area contributed by atoms with Gasteiger partial charge in [0, 0.05) is 36.6 Å². The molecule has 1 amide bonds. The van der Waals surface area contributed by atoms with Crippen LogP contribution in [0.25, 0.3) is 16.6 Å². The molecule has 0 fully saturated rings. The Bertz CT molecular complexity index is 1440. The lowest BCUT2D eigenvalue weighted by Gasteiger charge is -2.26. The first-order valence-electron chi connectivity index (χ1n) is 14.1. The van der Waals surface area contributed by atoms with E-state index in [1.165, 1.54) is 11.1 Å². The first kappa shape index (κ1) is 27.2. The number of benzene rings is 3.